The second kappa shape index (κ2) is 3.15. The van der Waals surface area contributed by atoms with E-state index in [1.165, 1.54) is 0 Å². The van der Waals surface area contributed by atoms with Crippen LogP contribution in [-0.4, -0.2) is 14.7 Å². The van der Waals surface area contributed by atoms with Crippen molar-refractivity contribution in [3.8, 4) is 5.75 Å². The average molecular weight is 186 g/mol. The molecule has 0 saturated heterocycles. The van der Waals surface area contributed by atoms with Crippen molar-refractivity contribution in [3.63, 3.8) is 0 Å². The topological polar surface area (TPSA) is 43.4 Å². The summed E-state index contributed by atoms with van der Waals surface area (Å²) >= 11 is 0. The summed E-state index contributed by atoms with van der Waals surface area (Å²) < 4.78 is 26.0. The van der Waals surface area contributed by atoms with Gasteiger partial charge in [0.1, 0.15) is 5.75 Å². The first kappa shape index (κ1) is 9.06. The van der Waals surface area contributed by atoms with Gasteiger partial charge in [-0.1, -0.05) is 12.1 Å². The van der Waals surface area contributed by atoms with Crippen LogP contribution in [0.3, 0.4) is 0 Å². The normalized spacial score (nSPS) is 11.2. The van der Waals surface area contributed by atoms with E-state index in [0.29, 0.717) is 5.75 Å². The Morgan fingerprint density at radius 2 is 2.00 bits per heavy atom. The summed E-state index contributed by atoms with van der Waals surface area (Å²) in [7, 11) is -3.39. The molecule has 0 saturated carbocycles. The predicted octanol–water partition coefficient (Wildman–Crippen LogP) is 1.33. The van der Waals surface area contributed by atoms with Gasteiger partial charge in [0.25, 0.3) is 0 Å². The lowest BCUT2D eigenvalue weighted by Crippen LogP contribution is -2.05. The maximum absolute atomic E-state index is 10.7. The highest BCUT2D eigenvalue weighted by atomic mass is 32.2. The van der Waals surface area contributed by atoms with Gasteiger partial charge in [-0.25, -0.2) is 0 Å². The Balaban J connectivity index is 2.91. The van der Waals surface area contributed by atoms with Crippen molar-refractivity contribution < 1.29 is 12.6 Å². The molecular formula is C8H10O3S. The molecule has 0 heterocycles. The quantitative estimate of drug-likeness (QED) is 0.654. The highest BCUT2D eigenvalue weighted by molar-refractivity contribution is 7.86. The summed E-state index contributed by atoms with van der Waals surface area (Å²) in [4.78, 5) is 0. The van der Waals surface area contributed by atoms with Crippen LogP contribution in [0.25, 0.3) is 0 Å². The molecule has 12 heavy (non-hydrogen) atoms. The highest BCUT2D eigenvalue weighted by Crippen LogP contribution is 2.13. The molecule has 0 aliphatic rings. The number of benzene rings is 1. The number of hydrogen-bond donors (Lipinski definition) is 0. The van der Waals surface area contributed by atoms with E-state index in [2.05, 4.69) is 4.18 Å². The molecule has 66 valence electrons. The summed E-state index contributed by atoms with van der Waals surface area (Å²) in [6.45, 7) is 1.87. The summed E-state index contributed by atoms with van der Waals surface area (Å²) in [5.74, 6) is 0.359. The van der Waals surface area contributed by atoms with Crippen molar-refractivity contribution in [3.05, 3.63) is 29.8 Å². The standard InChI is InChI=1S/C8H10O3S/c1-7-4-3-5-8(6-7)11-12(2,9)10/h3-6H,1-2H3. The van der Waals surface area contributed by atoms with Crippen LogP contribution < -0.4 is 4.18 Å². The van der Waals surface area contributed by atoms with E-state index in [1.807, 2.05) is 13.0 Å². The number of aryl methyl sites for hydroxylation is 1. The molecule has 0 spiro atoms. The van der Waals surface area contributed by atoms with Crippen LogP contribution in [0.4, 0.5) is 0 Å². The van der Waals surface area contributed by atoms with Crippen LogP contribution in [0.5, 0.6) is 5.75 Å². The molecule has 3 nitrogen and oxygen atoms in total. The highest BCUT2D eigenvalue weighted by Gasteiger charge is 2.02. The molecule has 0 bridgehead atoms. The molecule has 0 radical (unpaired) electrons. The summed E-state index contributed by atoms with van der Waals surface area (Å²) in [6.07, 6.45) is 1.02. The van der Waals surface area contributed by atoms with Gasteiger partial charge in [-0.3, -0.25) is 0 Å². The lowest BCUT2D eigenvalue weighted by molar-refractivity contribution is 0.493. The molecule has 0 unspecified atom stereocenters. The first-order valence-corrected chi connectivity index (χ1v) is 5.25. The zero-order valence-electron chi connectivity index (χ0n) is 6.94. The van der Waals surface area contributed by atoms with Crippen LogP contribution >= 0.6 is 0 Å². The van der Waals surface area contributed by atoms with Crippen molar-refractivity contribution in [1.82, 2.24) is 0 Å². The molecule has 0 aliphatic heterocycles. The van der Waals surface area contributed by atoms with Crippen molar-refractivity contribution in [2.45, 2.75) is 6.92 Å². The van der Waals surface area contributed by atoms with E-state index in [0.717, 1.165) is 11.8 Å². The largest absolute Gasteiger partial charge is 0.383 e. The van der Waals surface area contributed by atoms with Crippen LogP contribution in [0.2, 0.25) is 0 Å². The van der Waals surface area contributed by atoms with Crippen LogP contribution in [0.15, 0.2) is 24.3 Å². The smallest absolute Gasteiger partial charge is 0.306 e. The van der Waals surface area contributed by atoms with E-state index in [4.69, 9.17) is 0 Å². The van der Waals surface area contributed by atoms with Crippen molar-refractivity contribution >= 4 is 10.1 Å². The van der Waals surface area contributed by atoms with Gasteiger partial charge in [-0.2, -0.15) is 8.42 Å². The Kier molecular flexibility index (Phi) is 2.38. The third-order valence-electron chi connectivity index (χ3n) is 1.24. The molecule has 0 N–H and O–H groups in total. The summed E-state index contributed by atoms with van der Waals surface area (Å²) in [5.41, 5.74) is 0.969. The van der Waals surface area contributed by atoms with E-state index in [1.54, 1.807) is 18.2 Å². The van der Waals surface area contributed by atoms with E-state index in [9.17, 15) is 8.42 Å². The van der Waals surface area contributed by atoms with Gasteiger partial charge in [0.05, 0.1) is 6.26 Å². The minimum atomic E-state index is -3.39. The van der Waals surface area contributed by atoms with Gasteiger partial charge >= 0.3 is 10.1 Å². The monoisotopic (exact) mass is 186 g/mol. The first-order valence-electron chi connectivity index (χ1n) is 3.43. The lowest BCUT2D eigenvalue weighted by atomic mass is 10.2. The van der Waals surface area contributed by atoms with Crippen molar-refractivity contribution in [2.75, 3.05) is 6.26 Å². The van der Waals surface area contributed by atoms with Gasteiger partial charge < -0.3 is 4.18 Å². The number of hydrogen-bond acceptors (Lipinski definition) is 3. The molecular weight excluding hydrogens is 176 g/mol. The Morgan fingerprint density at radius 3 is 2.50 bits per heavy atom. The van der Waals surface area contributed by atoms with Crippen LogP contribution in [0, 0.1) is 6.92 Å². The zero-order valence-corrected chi connectivity index (χ0v) is 7.76. The van der Waals surface area contributed by atoms with Crippen LogP contribution in [0.1, 0.15) is 5.56 Å². The van der Waals surface area contributed by atoms with Gasteiger partial charge in [0.15, 0.2) is 0 Å². The molecule has 1 rings (SSSR count). The van der Waals surface area contributed by atoms with Gasteiger partial charge in [0, 0.05) is 0 Å². The Bertz CT molecular complexity index is 368. The molecule has 0 fully saturated rings. The van der Waals surface area contributed by atoms with E-state index < -0.39 is 10.1 Å². The minimum absolute atomic E-state index is 0.359. The fraction of sp³-hybridized carbons (Fsp3) is 0.250. The van der Waals surface area contributed by atoms with Gasteiger partial charge in [-0.15, -0.1) is 0 Å². The van der Waals surface area contributed by atoms with Crippen molar-refractivity contribution in [1.29, 1.82) is 0 Å². The Morgan fingerprint density at radius 1 is 1.33 bits per heavy atom. The van der Waals surface area contributed by atoms with Crippen LogP contribution in [-0.2, 0) is 10.1 Å². The second-order valence-electron chi connectivity index (χ2n) is 2.60. The molecule has 4 heteroatoms. The van der Waals surface area contributed by atoms with Gasteiger partial charge in [0.2, 0.25) is 0 Å². The second-order valence-corrected chi connectivity index (χ2v) is 4.18. The first-order chi connectivity index (χ1) is 5.47. The number of rotatable bonds is 2. The minimum Gasteiger partial charge on any atom is -0.383 e. The van der Waals surface area contributed by atoms with Crippen molar-refractivity contribution in [2.24, 2.45) is 0 Å². The molecule has 1 aromatic carbocycles. The molecule has 1 aromatic rings. The maximum Gasteiger partial charge on any atom is 0.306 e. The molecule has 0 amide bonds. The summed E-state index contributed by atoms with van der Waals surface area (Å²) in [6, 6.07) is 6.89. The average Bonchev–Trinajstić information content (AvgIpc) is 1.82. The van der Waals surface area contributed by atoms with E-state index >= 15 is 0 Å². The zero-order chi connectivity index (χ0) is 9.19. The predicted molar refractivity (Wildman–Crippen MR) is 46.7 cm³/mol. The third kappa shape index (κ3) is 2.92. The lowest BCUT2D eigenvalue weighted by Gasteiger charge is -2.02. The Labute approximate surface area is 72.1 Å². The molecule has 0 aliphatic carbocycles. The SMILES string of the molecule is Cc1cccc(OS(C)(=O)=O)c1. The Hall–Kier alpha value is -1.03. The third-order valence-corrected chi connectivity index (χ3v) is 1.73. The molecule has 0 atom stereocenters. The fourth-order valence-corrected chi connectivity index (χ4v) is 1.30. The summed E-state index contributed by atoms with van der Waals surface area (Å²) in [5, 5.41) is 0. The van der Waals surface area contributed by atoms with Gasteiger partial charge in [-0.05, 0) is 24.6 Å². The molecule has 0 aromatic heterocycles. The fourth-order valence-electron chi connectivity index (χ4n) is 0.842. The van der Waals surface area contributed by atoms with E-state index in [-0.39, 0.29) is 0 Å². The maximum atomic E-state index is 10.7.